The molecule has 3 N–H and O–H groups in total. The molecule has 3 aromatic rings. The topological polar surface area (TPSA) is 117 Å². The summed E-state index contributed by atoms with van der Waals surface area (Å²) in [6.07, 6.45) is 1.49. The first-order chi connectivity index (χ1) is 13.0. The Morgan fingerprint density at radius 2 is 1.89 bits per heavy atom. The molecule has 1 heterocycles. The van der Waals surface area contributed by atoms with Crippen LogP contribution in [0.2, 0.25) is 0 Å². The van der Waals surface area contributed by atoms with Gasteiger partial charge in [0.05, 0.1) is 24.6 Å². The second-order valence-corrected chi connectivity index (χ2v) is 5.50. The highest BCUT2D eigenvalue weighted by Crippen LogP contribution is 2.20. The van der Waals surface area contributed by atoms with Crippen molar-refractivity contribution in [2.24, 2.45) is 5.10 Å². The Kier molecular flexibility index (Phi) is 5.27. The minimum absolute atomic E-state index is 0.187. The van der Waals surface area contributed by atoms with E-state index in [0.29, 0.717) is 17.0 Å². The molecule has 8 heteroatoms. The Hall–Kier alpha value is -3.94. The molecule has 27 heavy (non-hydrogen) atoms. The van der Waals surface area contributed by atoms with E-state index >= 15 is 0 Å². The summed E-state index contributed by atoms with van der Waals surface area (Å²) < 4.78 is 5.12. The number of carboxylic acids is 1. The lowest BCUT2D eigenvalue weighted by atomic mass is 10.1. The van der Waals surface area contributed by atoms with Gasteiger partial charge < -0.3 is 9.84 Å². The lowest BCUT2D eigenvalue weighted by molar-refractivity contribution is 0.0697. The molecule has 0 saturated carbocycles. The molecule has 0 unspecified atom stereocenters. The third-order valence-corrected chi connectivity index (χ3v) is 3.67. The molecule has 0 atom stereocenters. The average molecular weight is 364 g/mol. The van der Waals surface area contributed by atoms with Crippen LogP contribution in [-0.2, 0) is 0 Å². The number of carboxylic acid groups (broad SMARTS) is 1. The van der Waals surface area contributed by atoms with Crippen molar-refractivity contribution < 1.29 is 14.6 Å². The van der Waals surface area contributed by atoms with Crippen LogP contribution < -0.4 is 15.7 Å². The zero-order chi connectivity index (χ0) is 19.2. The maximum absolute atomic E-state index is 11.9. The molecule has 0 aliphatic rings. The Bertz CT molecular complexity index is 1020. The Balaban J connectivity index is 1.75. The fraction of sp³-hybridized carbons (Fsp3) is 0.0526. The number of aromatic amines is 1. The normalized spacial score (nSPS) is 10.7. The predicted molar refractivity (Wildman–Crippen MR) is 101 cm³/mol. The third-order valence-electron chi connectivity index (χ3n) is 3.67. The molecule has 0 fully saturated rings. The number of ether oxygens (including phenoxy) is 1. The van der Waals surface area contributed by atoms with E-state index in [1.54, 1.807) is 43.5 Å². The number of carbonyl (C=O) groups is 1. The number of aromatic carboxylic acids is 1. The molecule has 1 aromatic heterocycles. The quantitative estimate of drug-likeness (QED) is 0.457. The smallest absolute Gasteiger partial charge is 0.335 e. The molecule has 0 aliphatic heterocycles. The van der Waals surface area contributed by atoms with E-state index in [1.165, 1.54) is 24.4 Å². The van der Waals surface area contributed by atoms with Gasteiger partial charge in [0.2, 0.25) is 5.95 Å². The van der Waals surface area contributed by atoms with E-state index in [1.807, 2.05) is 0 Å². The summed E-state index contributed by atoms with van der Waals surface area (Å²) in [5, 5.41) is 12.9. The number of benzene rings is 2. The number of rotatable bonds is 6. The summed E-state index contributed by atoms with van der Waals surface area (Å²) in [6, 6.07) is 14.8. The Morgan fingerprint density at radius 3 is 2.52 bits per heavy atom. The Labute approximate surface area is 154 Å². The molecule has 0 aliphatic carbocycles. The molecule has 0 spiro atoms. The fourth-order valence-corrected chi connectivity index (χ4v) is 2.30. The number of nitrogens with one attached hydrogen (secondary N) is 2. The molecule has 0 amide bonds. The van der Waals surface area contributed by atoms with Crippen molar-refractivity contribution in [3.63, 3.8) is 0 Å². The molecule has 0 radical (unpaired) electrons. The molecule has 3 rings (SSSR count). The summed E-state index contributed by atoms with van der Waals surface area (Å²) >= 11 is 0. The number of nitrogens with zero attached hydrogens (tertiary/aromatic N) is 2. The van der Waals surface area contributed by atoms with Gasteiger partial charge in [-0.25, -0.2) is 15.2 Å². The molecule has 0 bridgehead atoms. The SMILES string of the molecule is COc1ccc(-c2cc(=O)[nH]c(N/N=C\c3ccc(C(=O)O)cc3)n2)cc1. The number of H-pyrrole nitrogens is 1. The molecular formula is C19H16N4O4. The van der Waals surface area contributed by atoms with Gasteiger partial charge in [-0.1, -0.05) is 12.1 Å². The minimum Gasteiger partial charge on any atom is -0.497 e. The lowest BCUT2D eigenvalue weighted by Crippen LogP contribution is -2.10. The summed E-state index contributed by atoms with van der Waals surface area (Å²) in [4.78, 5) is 29.6. The van der Waals surface area contributed by atoms with Crippen molar-refractivity contribution in [1.29, 1.82) is 0 Å². The van der Waals surface area contributed by atoms with Crippen LogP contribution in [0.5, 0.6) is 5.75 Å². The van der Waals surface area contributed by atoms with Crippen molar-refractivity contribution in [1.82, 2.24) is 9.97 Å². The molecule has 2 aromatic carbocycles. The first-order valence-electron chi connectivity index (χ1n) is 7.93. The third kappa shape index (κ3) is 4.57. The number of hydrogen-bond donors (Lipinski definition) is 3. The first-order valence-corrected chi connectivity index (χ1v) is 7.93. The van der Waals surface area contributed by atoms with Crippen LogP contribution in [0.1, 0.15) is 15.9 Å². The molecule has 136 valence electrons. The predicted octanol–water partition coefficient (Wildman–Crippen LogP) is 2.59. The van der Waals surface area contributed by atoms with Gasteiger partial charge in [-0.15, -0.1) is 0 Å². The van der Waals surface area contributed by atoms with Crippen LogP contribution in [0.25, 0.3) is 11.3 Å². The van der Waals surface area contributed by atoms with E-state index in [-0.39, 0.29) is 17.1 Å². The van der Waals surface area contributed by atoms with E-state index in [9.17, 15) is 9.59 Å². The van der Waals surface area contributed by atoms with Gasteiger partial charge >= 0.3 is 5.97 Å². The van der Waals surface area contributed by atoms with Gasteiger partial charge in [0.25, 0.3) is 5.56 Å². The number of hydrogen-bond acceptors (Lipinski definition) is 6. The molecule has 0 saturated heterocycles. The summed E-state index contributed by atoms with van der Waals surface area (Å²) in [5.74, 6) is -0.0964. The van der Waals surface area contributed by atoms with Crippen molar-refractivity contribution >= 4 is 18.1 Å². The highest BCUT2D eigenvalue weighted by molar-refractivity contribution is 5.89. The van der Waals surface area contributed by atoms with Crippen molar-refractivity contribution in [2.45, 2.75) is 0 Å². The van der Waals surface area contributed by atoms with Gasteiger partial charge in [-0.05, 0) is 42.0 Å². The van der Waals surface area contributed by atoms with Crippen LogP contribution >= 0.6 is 0 Å². The maximum Gasteiger partial charge on any atom is 0.335 e. The zero-order valence-electron chi connectivity index (χ0n) is 14.3. The van der Waals surface area contributed by atoms with E-state index in [0.717, 1.165) is 5.56 Å². The largest absolute Gasteiger partial charge is 0.497 e. The highest BCUT2D eigenvalue weighted by Gasteiger charge is 2.04. The van der Waals surface area contributed by atoms with E-state index in [2.05, 4.69) is 20.5 Å². The summed E-state index contributed by atoms with van der Waals surface area (Å²) in [7, 11) is 1.58. The zero-order valence-corrected chi connectivity index (χ0v) is 14.3. The minimum atomic E-state index is -0.992. The second-order valence-electron chi connectivity index (χ2n) is 5.50. The number of aromatic nitrogens is 2. The van der Waals surface area contributed by atoms with Gasteiger partial charge in [0.15, 0.2) is 0 Å². The number of anilines is 1. The Morgan fingerprint density at radius 1 is 1.19 bits per heavy atom. The summed E-state index contributed by atoms with van der Waals surface area (Å²) in [5.41, 5.74) is 4.49. The number of hydrazone groups is 1. The first kappa shape index (κ1) is 17.9. The van der Waals surface area contributed by atoms with Crippen molar-refractivity contribution in [3.05, 3.63) is 76.1 Å². The molecule has 8 nitrogen and oxygen atoms in total. The van der Waals surface area contributed by atoms with E-state index < -0.39 is 5.97 Å². The van der Waals surface area contributed by atoms with Crippen LogP contribution in [0.4, 0.5) is 5.95 Å². The van der Waals surface area contributed by atoms with Crippen LogP contribution in [0.15, 0.2) is 64.5 Å². The fourth-order valence-electron chi connectivity index (χ4n) is 2.30. The monoisotopic (exact) mass is 364 g/mol. The lowest BCUT2D eigenvalue weighted by Gasteiger charge is -2.05. The van der Waals surface area contributed by atoms with Gasteiger partial charge in [-0.2, -0.15) is 5.10 Å². The van der Waals surface area contributed by atoms with Crippen LogP contribution in [0.3, 0.4) is 0 Å². The number of methoxy groups -OCH3 is 1. The standard InChI is InChI=1S/C19H16N4O4/c1-27-15-8-6-13(7-9-15)16-10-17(24)22-19(21-16)23-20-11-12-2-4-14(5-3-12)18(25)26/h2-11H,1H3,(H,25,26)(H2,21,22,23,24)/b20-11-. The van der Waals surface area contributed by atoms with Crippen LogP contribution in [0, 0.1) is 0 Å². The van der Waals surface area contributed by atoms with E-state index in [4.69, 9.17) is 9.84 Å². The van der Waals surface area contributed by atoms with Gasteiger partial charge in [0, 0.05) is 11.6 Å². The maximum atomic E-state index is 11.9. The van der Waals surface area contributed by atoms with Gasteiger partial charge in [0.1, 0.15) is 5.75 Å². The van der Waals surface area contributed by atoms with Crippen molar-refractivity contribution in [3.8, 4) is 17.0 Å². The summed E-state index contributed by atoms with van der Waals surface area (Å²) in [6.45, 7) is 0. The molecular weight excluding hydrogens is 348 g/mol. The second kappa shape index (κ2) is 7.96. The van der Waals surface area contributed by atoms with Crippen molar-refractivity contribution in [2.75, 3.05) is 12.5 Å². The van der Waals surface area contributed by atoms with Crippen LogP contribution in [-0.4, -0.2) is 34.4 Å². The average Bonchev–Trinajstić information content (AvgIpc) is 2.68. The van der Waals surface area contributed by atoms with Gasteiger partial charge in [-0.3, -0.25) is 9.78 Å². The highest BCUT2D eigenvalue weighted by atomic mass is 16.5.